The largest absolute Gasteiger partial charge is 0.497 e. The molecule has 0 radical (unpaired) electrons. The lowest BCUT2D eigenvalue weighted by atomic mass is 10.0. The van der Waals surface area contributed by atoms with Gasteiger partial charge in [-0.05, 0) is 25.1 Å². The molecule has 0 N–H and O–H groups in total. The second-order valence-corrected chi connectivity index (χ2v) is 4.72. The number of hydrogen-bond donors (Lipinski definition) is 0. The zero-order chi connectivity index (χ0) is 14.7. The predicted octanol–water partition coefficient (Wildman–Crippen LogP) is 4.23. The van der Waals surface area contributed by atoms with E-state index in [0.717, 1.165) is 11.1 Å². The van der Waals surface area contributed by atoms with Gasteiger partial charge in [0.15, 0.2) is 5.78 Å². The lowest BCUT2D eigenvalue weighted by molar-refractivity contribution is 0.101. The van der Waals surface area contributed by atoms with Crippen LogP contribution in [0.2, 0.25) is 5.02 Å². The quantitative estimate of drug-likeness (QED) is 0.791. The molecule has 0 bridgehead atoms. The SMILES string of the molecule is COc1ccc(-c2ccc(C(C)=O)cc2Cl)c(OC)c1. The van der Waals surface area contributed by atoms with Crippen LogP contribution in [0.25, 0.3) is 11.1 Å². The summed E-state index contributed by atoms with van der Waals surface area (Å²) in [6.45, 7) is 1.51. The fourth-order valence-electron chi connectivity index (χ4n) is 1.97. The number of Topliss-reactive ketones (excluding diaryl/α,β-unsaturated/α-hetero) is 1. The molecule has 2 aromatic carbocycles. The molecular weight excluding hydrogens is 276 g/mol. The van der Waals surface area contributed by atoms with Crippen LogP contribution < -0.4 is 9.47 Å². The van der Waals surface area contributed by atoms with Gasteiger partial charge in [-0.2, -0.15) is 0 Å². The molecule has 4 heteroatoms. The molecule has 0 atom stereocenters. The van der Waals surface area contributed by atoms with Gasteiger partial charge in [-0.25, -0.2) is 0 Å². The molecule has 3 nitrogen and oxygen atoms in total. The highest BCUT2D eigenvalue weighted by Crippen LogP contribution is 2.37. The number of hydrogen-bond acceptors (Lipinski definition) is 3. The van der Waals surface area contributed by atoms with E-state index >= 15 is 0 Å². The van der Waals surface area contributed by atoms with Crippen molar-refractivity contribution in [2.45, 2.75) is 6.92 Å². The van der Waals surface area contributed by atoms with Crippen LogP contribution in [0, 0.1) is 0 Å². The smallest absolute Gasteiger partial charge is 0.159 e. The number of methoxy groups -OCH3 is 2. The monoisotopic (exact) mass is 290 g/mol. The van der Waals surface area contributed by atoms with Crippen molar-refractivity contribution in [2.24, 2.45) is 0 Å². The highest BCUT2D eigenvalue weighted by atomic mass is 35.5. The van der Waals surface area contributed by atoms with Gasteiger partial charge in [-0.3, -0.25) is 4.79 Å². The second-order valence-electron chi connectivity index (χ2n) is 4.32. The molecule has 0 aliphatic rings. The van der Waals surface area contributed by atoms with Gasteiger partial charge >= 0.3 is 0 Å². The van der Waals surface area contributed by atoms with E-state index in [-0.39, 0.29) is 5.78 Å². The molecule has 0 heterocycles. The van der Waals surface area contributed by atoms with E-state index in [1.165, 1.54) is 6.92 Å². The normalized spacial score (nSPS) is 10.2. The highest BCUT2D eigenvalue weighted by molar-refractivity contribution is 6.33. The maximum Gasteiger partial charge on any atom is 0.159 e. The predicted molar refractivity (Wildman–Crippen MR) is 80.0 cm³/mol. The Bertz CT molecular complexity index is 650. The van der Waals surface area contributed by atoms with Gasteiger partial charge < -0.3 is 9.47 Å². The highest BCUT2D eigenvalue weighted by Gasteiger charge is 2.12. The van der Waals surface area contributed by atoms with Crippen LogP contribution in [-0.4, -0.2) is 20.0 Å². The Hall–Kier alpha value is -2.00. The van der Waals surface area contributed by atoms with Gasteiger partial charge in [0.25, 0.3) is 0 Å². The number of benzene rings is 2. The molecule has 104 valence electrons. The van der Waals surface area contributed by atoms with E-state index in [9.17, 15) is 4.79 Å². The molecule has 20 heavy (non-hydrogen) atoms. The van der Waals surface area contributed by atoms with E-state index in [0.29, 0.717) is 22.1 Å². The van der Waals surface area contributed by atoms with E-state index in [1.807, 2.05) is 18.2 Å². The summed E-state index contributed by atoms with van der Waals surface area (Å²) < 4.78 is 10.5. The van der Waals surface area contributed by atoms with Gasteiger partial charge in [-0.15, -0.1) is 0 Å². The van der Waals surface area contributed by atoms with Gasteiger partial charge in [0.05, 0.1) is 14.2 Å². The Labute approximate surface area is 123 Å². The van der Waals surface area contributed by atoms with Crippen molar-refractivity contribution in [1.29, 1.82) is 0 Å². The van der Waals surface area contributed by atoms with E-state index in [1.54, 1.807) is 32.4 Å². The van der Waals surface area contributed by atoms with Crippen molar-refractivity contribution in [3.63, 3.8) is 0 Å². The van der Waals surface area contributed by atoms with Crippen molar-refractivity contribution >= 4 is 17.4 Å². The topological polar surface area (TPSA) is 35.5 Å². The van der Waals surface area contributed by atoms with E-state index in [4.69, 9.17) is 21.1 Å². The number of ether oxygens (including phenoxy) is 2. The maximum absolute atomic E-state index is 11.4. The minimum absolute atomic E-state index is 0.0138. The summed E-state index contributed by atoms with van der Waals surface area (Å²) in [5.74, 6) is 1.36. The molecule has 0 spiro atoms. The number of halogens is 1. The first kappa shape index (κ1) is 14.4. The van der Waals surface area contributed by atoms with Crippen LogP contribution in [0.15, 0.2) is 36.4 Å². The molecule has 0 aromatic heterocycles. The first-order valence-corrected chi connectivity index (χ1v) is 6.47. The number of ketones is 1. The third-order valence-corrected chi connectivity index (χ3v) is 3.39. The molecule has 2 aromatic rings. The molecule has 0 saturated heterocycles. The van der Waals surface area contributed by atoms with Crippen LogP contribution in [-0.2, 0) is 0 Å². The van der Waals surface area contributed by atoms with Gasteiger partial charge in [0.1, 0.15) is 11.5 Å². The zero-order valence-corrected chi connectivity index (χ0v) is 12.3. The van der Waals surface area contributed by atoms with Gasteiger partial charge in [0.2, 0.25) is 0 Å². The Balaban J connectivity index is 2.53. The standard InChI is InChI=1S/C16H15ClO3/c1-10(18)11-4-6-13(15(17)8-11)14-7-5-12(19-2)9-16(14)20-3/h4-9H,1-3H3. The molecule has 0 amide bonds. The maximum atomic E-state index is 11.4. The van der Waals surface area contributed by atoms with Crippen LogP contribution in [0.3, 0.4) is 0 Å². The van der Waals surface area contributed by atoms with Crippen LogP contribution in [0.4, 0.5) is 0 Å². The Morgan fingerprint density at radius 1 is 1.00 bits per heavy atom. The van der Waals surface area contributed by atoms with Gasteiger partial charge in [-0.1, -0.05) is 23.7 Å². The lowest BCUT2D eigenvalue weighted by Gasteiger charge is -2.12. The number of rotatable bonds is 4. The van der Waals surface area contributed by atoms with Crippen molar-refractivity contribution in [1.82, 2.24) is 0 Å². The first-order chi connectivity index (χ1) is 9.56. The summed E-state index contributed by atoms with van der Waals surface area (Å²) in [4.78, 5) is 11.4. The minimum Gasteiger partial charge on any atom is -0.497 e. The van der Waals surface area contributed by atoms with Crippen molar-refractivity contribution < 1.29 is 14.3 Å². The Morgan fingerprint density at radius 2 is 1.70 bits per heavy atom. The molecule has 0 aliphatic heterocycles. The summed E-state index contributed by atoms with van der Waals surface area (Å²) >= 11 is 6.27. The second kappa shape index (κ2) is 5.97. The lowest BCUT2D eigenvalue weighted by Crippen LogP contribution is -1.94. The average molecular weight is 291 g/mol. The Kier molecular flexibility index (Phi) is 4.30. The van der Waals surface area contributed by atoms with Crippen LogP contribution in [0.1, 0.15) is 17.3 Å². The van der Waals surface area contributed by atoms with Crippen LogP contribution >= 0.6 is 11.6 Å². The fourth-order valence-corrected chi connectivity index (χ4v) is 2.26. The van der Waals surface area contributed by atoms with Crippen molar-refractivity contribution in [3.8, 4) is 22.6 Å². The summed E-state index contributed by atoms with van der Waals surface area (Å²) in [6, 6.07) is 10.8. The molecule has 0 aliphatic carbocycles. The number of carbonyl (C=O) groups excluding carboxylic acids is 1. The molecule has 0 fully saturated rings. The third-order valence-electron chi connectivity index (χ3n) is 3.07. The first-order valence-electron chi connectivity index (χ1n) is 6.09. The summed E-state index contributed by atoms with van der Waals surface area (Å²) in [6.07, 6.45) is 0. The van der Waals surface area contributed by atoms with Crippen molar-refractivity contribution in [2.75, 3.05) is 14.2 Å². The molecule has 0 saturated carbocycles. The average Bonchev–Trinajstić information content (AvgIpc) is 2.46. The molecule has 2 rings (SSSR count). The Morgan fingerprint density at radius 3 is 2.25 bits per heavy atom. The third kappa shape index (κ3) is 2.78. The summed E-state index contributed by atoms with van der Waals surface area (Å²) in [5, 5.41) is 0.515. The minimum atomic E-state index is -0.0138. The molecular formula is C16H15ClO3. The van der Waals surface area contributed by atoms with E-state index < -0.39 is 0 Å². The van der Waals surface area contributed by atoms with E-state index in [2.05, 4.69) is 0 Å². The van der Waals surface area contributed by atoms with Gasteiger partial charge in [0, 0.05) is 27.8 Å². The number of carbonyl (C=O) groups is 1. The summed E-state index contributed by atoms with van der Waals surface area (Å²) in [5.41, 5.74) is 2.26. The summed E-state index contributed by atoms with van der Waals surface area (Å²) in [7, 11) is 3.19. The fraction of sp³-hybridized carbons (Fsp3) is 0.188. The van der Waals surface area contributed by atoms with Crippen molar-refractivity contribution in [3.05, 3.63) is 47.0 Å². The van der Waals surface area contributed by atoms with Crippen LogP contribution in [0.5, 0.6) is 11.5 Å². The molecule has 0 unspecified atom stereocenters. The zero-order valence-electron chi connectivity index (χ0n) is 11.6.